The molecule has 1 N–H and O–H groups in total. The van der Waals surface area contributed by atoms with Crippen LogP contribution in [-0.4, -0.2) is 36.9 Å². The molecule has 16 heavy (non-hydrogen) atoms. The van der Waals surface area contributed by atoms with Crippen molar-refractivity contribution in [2.45, 2.75) is 58.3 Å². The fraction of sp³-hybridized carbons (Fsp3) is 0.917. The van der Waals surface area contributed by atoms with Gasteiger partial charge >= 0.3 is 5.97 Å². The molecule has 4 nitrogen and oxygen atoms in total. The highest BCUT2D eigenvalue weighted by molar-refractivity contribution is 5.75. The summed E-state index contributed by atoms with van der Waals surface area (Å²) >= 11 is 0. The van der Waals surface area contributed by atoms with Crippen LogP contribution in [0.2, 0.25) is 0 Å². The molecular weight excluding hydrogens is 206 g/mol. The Kier molecular flexibility index (Phi) is 4.74. The largest absolute Gasteiger partial charge is 0.459 e. The minimum Gasteiger partial charge on any atom is -0.459 e. The van der Waals surface area contributed by atoms with E-state index in [1.807, 2.05) is 27.7 Å². The molecule has 4 heteroatoms. The zero-order chi connectivity index (χ0) is 12.2. The molecule has 1 saturated heterocycles. The van der Waals surface area contributed by atoms with Crippen LogP contribution in [0.3, 0.4) is 0 Å². The van der Waals surface area contributed by atoms with Gasteiger partial charge < -0.3 is 14.8 Å². The Morgan fingerprint density at radius 2 is 2.25 bits per heavy atom. The van der Waals surface area contributed by atoms with Crippen LogP contribution in [0.5, 0.6) is 0 Å². The second-order valence-electron chi connectivity index (χ2n) is 5.30. The van der Waals surface area contributed by atoms with Gasteiger partial charge in [0.2, 0.25) is 0 Å². The Bertz CT molecular complexity index is 229. The molecule has 0 aromatic rings. The topological polar surface area (TPSA) is 47.6 Å². The van der Waals surface area contributed by atoms with E-state index >= 15 is 0 Å². The molecule has 94 valence electrons. The van der Waals surface area contributed by atoms with E-state index in [0.29, 0.717) is 0 Å². The SMILES string of the molecule is CC(NCC1CCCO1)C(=O)OC(C)(C)C. The maximum Gasteiger partial charge on any atom is 0.323 e. The summed E-state index contributed by atoms with van der Waals surface area (Å²) < 4.78 is 10.7. The second kappa shape index (κ2) is 5.64. The van der Waals surface area contributed by atoms with E-state index in [4.69, 9.17) is 9.47 Å². The lowest BCUT2D eigenvalue weighted by Gasteiger charge is -2.23. The minimum absolute atomic E-state index is 0.203. The Hall–Kier alpha value is -0.610. The average Bonchev–Trinajstić information content (AvgIpc) is 2.63. The monoisotopic (exact) mass is 229 g/mol. The number of carbonyl (C=O) groups is 1. The predicted molar refractivity (Wildman–Crippen MR) is 62.3 cm³/mol. The Morgan fingerprint density at radius 1 is 1.56 bits per heavy atom. The van der Waals surface area contributed by atoms with Gasteiger partial charge in [-0.3, -0.25) is 4.79 Å². The summed E-state index contributed by atoms with van der Waals surface area (Å²) in [5, 5.41) is 3.15. The molecule has 1 aliphatic rings. The standard InChI is InChI=1S/C12H23NO3/c1-9(11(14)16-12(2,3)4)13-8-10-6-5-7-15-10/h9-10,13H,5-8H2,1-4H3. The summed E-state index contributed by atoms with van der Waals surface area (Å²) in [4.78, 5) is 11.6. The first-order valence-corrected chi connectivity index (χ1v) is 5.96. The van der Waals surface area contributed by atoms with E-state index in [1.165, 1.54) is 0 Å². The lowest BCUT2D eigenvalue weighted by Crippen LogP contribution is -2.42. The molecule has 1 fully saturated rings. The van der Waals surface area contributed by atoms with E-state index in [1.54, 1.807) is 0 Å². The molecule has 0 radical (unpaired) electrons. The maximum absolute atomic E-state index is 11.6. The lowest BCUT2D eigenvalue weighted by molar-refractivity contribution is -0.157. The molecule has 0 amide bonds. The number of nitrogens with one attached hydrogen (secondary N) is 1. The number of rotatable bonds is 4. The number of esters is 1. The van der Waals surface area contributed by atoms with Gasteiger partial charge in [0, 0.05) is 13.2 Å². The normalized spacial score (nSPS) is 23.1. The van der Waals surface area contributed by atoms with Gasteiger partial charge in [-0.05, 0) is 40.5 Å². The fourth-order valence-electron chi connectivity index (χ4n) is 1.59. The molecular formula is C12H23NO3. The summed E-state index contributed by atoms with van der Waals surface area (Å²) in [6, 6.07) is -0.275. The van der Waals surface area contributed by atoms with Gasteiger partial charge in [0.15, 0.2) is 0 Å². The van der Waals surface area contributed by atoms with Crippen molar-refractivity contribution < 1.29 is 14.3 Å². The molecule has 1 rings (SSSR count). The molecule has 2 atom stereocenters. The first-order valence-electron chi connectivity index (χ1n) is 5.96. The van der Waals surface area contributed by atoms with Crippen LogP contribution in [0.25, 0.3) is 0 Å². The summed E-state index contributed by atoms with van der Waals surface area (Å²) in [5.41, 5.74) is -0.420. The minimum atomic E-state index is -0.420. The van der Waals surface area contributed by atoms with Crippen LogP contribution in [0.4, 0.5) is 0 Å². The van der Waals surface area contributed by atoms with Crippen LogP contribution in [0, 0.1) is 0 Å². The van der Waals surface area contributed by atoms with Crippen molar-refractivity contribution in [2.75, 3.05) is 13.2 Å². The Morgan fingerprint density at radius 3 is 2.75 bits per heavy atom. The third-order valence-electron chi connectivity index (χ3n) is 2.44. The number of hydrogen-bond acceptors (Lipinski definition) is 4. The van der Waals surface area contributed by atoms with Crippen molar-refractivity contribution in [2.24, 2.45) is 0 Å². The van der Waals surface area contributed by atoms with E-state index in [0.717, 1.165) is 26.0 Å². The van der Waals surface area contributed by atoms with Crippen molar-refractivity contribution in [1.29, 1.82) is 0 Å². The number of ether oxygens (including phenoxy) is 2. The van der Waals surface area contributed by atoms with Gasteiger partial charge in [-0.2, -0.15) is 0 Å². The van der Waals surface area contributed by atoms with Crippen molar-refractivity contribution in [3.05, 3.63) is 0 Å². The lowest BCUT2D eigenvalue weighted by atomic mass is 10.2. The number of hydrogen-bond donors (Lipinski definition) is 1. The van der Waals surface area contributed by atoms with Gasteiger partial charge in [0.05, 0.1) is 6.10 Å². The second-order valence-corrected chi connectivity index (χ2v) is 5.30. The molecule has 1 heterocycles. The molecule has 0 bridgehead atoms. The Balaban J connectivity index is 2.23. The van der Waals surface area contributed by atoms with Crippen LogP contribution in [0.1, 0.15) is 40.5 Å². The highest BCUT2D eigenvalue weighted by atomic mass is 16.6. The Labute approximate surface area is 97.7 Å². The van der Waals surface area contributed by atoms with E-state index in [2.05, 4.69) is 5.32 Å². The van der Waals surface area contributed by atoms with Gasteiger partial charge in [0.1, 0.15) is 11.6 Å². The molecule has 0 spiro atoms. The van der Waals surface area contributed by atoms with Crippen molar-refractivity contribution in [3.63, 3.8) is 0 Å². The van der Waals surface area contributed by atoms with Gasteiger partial charge in [-0.1, -0.05) is 0 Å². The predicted octanol–water partition coefficient (Wildman–Crippen LogP) is 1.49. The molecule has 0 aromatic heterocycles. The van der Waals surface area contributed by atoms with Gasteiger partial charge in [0.25, 0.3) is 0 Å². The van der Waals surface area contributed by atoms with Crippen LogP contribution in [-0.2, 0) is 14.3 Å². The zero-order valence-electron chi connectivity index (χ0n) is 10.7. The van der Waals surface area contributed by atoms with E-state index < -0.39 is 5.60 Å². The highest BCUT2D eigenvalue weighted by Gasteiger charge is 2.23. The first kappa shape index (κ1) is 13.5. The first-order chi connectivity index (χ1) is 7.38. The average molecular weight is 229 g/mol. The smallest absolute Gasteiger partial charge is 0.323 e. The van der Waals surface area contributed by atoms with E-state index in [9.17, 15) is 4.79 Å². The van der Waals surface area contributed by atoms with Crippen molar-refractivity contribution in [3.8, 4) is 0 Å². The van der Waals surface area contributed by atoms with Gasteiger partial charge in [-0.25, -0.2) is 0 Å². The molecule has 2 unspecified atom stereocenters. The third kappa shape index (κ3) is 4.94. The summed E-state index contributed by atoms with van der Waals surface area (Å²) in [6.07, 6.45) is 2.45. The maximum atomic E-state index is 11.6. The molecule has 0 aromatic carbocycles. The van der Waals surface area contributed by atoms with Crippen LogP contribution in [0.15, 0.2) is 0 Å². The highest BCUT2D eigenvalue weighted by Crippen LogP contribution is 2.11. The zero-order valence-corrected chi connectivity index (χ0v) is 10.7. The van der Waals surface area contributed by atoms with Crippen molar-refractivity contribution in [1.82, 2.24) is 5.32 Å². The summed E-state index contributed by atoms with van der Waals surface area (Å²) in [5.74, 6) is -0.203. The fourth-order valence-corrected chi connectivity index (χ4v) is 1.59. The third-order valence-corrected chi connectivity index (χ3v) is 2.44. The van der Waals surface area contributed by atoms with Crippen molar-refractivity contribution >= 4 is 5.97 Å². The molecule has 1 aliphatic heterocycles. The quantitative estimate of drug-likeness (QED) is 0.742. The van der Waals surface area contributed by atoms with E-state index in [-0.39, 0.29) is 18.1 Å². The number of carbonyl (C=O) groups excluding carboxylic acids is 1. The van der Waals surface area contributed by atoms with Crippen LogP contribution < -0.4 is 5.32 Å². The van der Waals surface area contributed by atoms with Gasteiger partial charge in [-0.15, -0.1) is 0 Å². The summed E-state index contributed by atoms with van der Waals surface area (Å²) in [6.45, 7) is 9.00. The van der Waals surface area contributed by atoms with Crippen LogP contribution >= 0.6 is 0 Å². The summed E-state index contributed by atoms with van der Waals surface area (Å²) in [7, 11) is 0. The molecule has 0 aliphatic carbocycles. The molecule has 0 saturated carbocycles.